The highest BCUT2D eigenvalue weighted by Crippen LogP contribution is 2.38. The Morgan fingerprint density at radius 3 is 2.50 bits per heavy atom. The second-order valence-corrected chi connectivity index (χ2v) is 9.52. The minimum absolute atomic E-state index is 0.182. The van der Waals surface area contributed by atoms with Crippen LogP contribution in [0.4, 0.5) is 4.79 Å². The van der Waals surface area contributed by atoms with E-state index in [9.17, 15) is 4.79 Å². The Balaban J connectivity index is 1.55. The zero-order chi connectivity index (χ0) is 24.3. The summed E-state index contributed by atoms with van der Waals surface area (Å²) in [6.45, 7) is 8.31. The standard InChI is InChI=1S/C25H27BClN3O4/c1-24(2)25(3,4)34-26(33-24)19(14-28-23(31)32-15-17-8-6-5-7-9-17)12-18-10-11-21-20(13-18)22(27)30-16-29-21/h5-13,16H,14-15H2,1-4H3,(H,28,31). The van der Waals surface area contributed by atoms with Gasteiger partial charge in [0.05, 0.1) is 16.7 Å². The number of hydrogen-bond donors (Lipinski definition) is 1. The quantitative estimate of drug-likeness (QED) is 0.385. The van der Waals surface area contributed by atoms with E-state index in [4.69, 9.17) is 25.6 Å². The van der Waals surface area contributed by atoms with Gasteiger partial charge in [0.15, 0.2) is 0 Å². The van der Waals surface area contributed by atoms with E-state index in [1.54, 1.807) is 0 Å². The molecule has 0 unspecified atom stereocenters. The normalized spacial score (nSPS) is 17.1. The van der Waals surface area contributed by atoms with Crippen molar-refractivity contribution in [3.8, 4) is 0 Å². The Morgan fingerprint density at radius 2 is 1.79 bits per heavy atom. The molecule has 4 rings (SSSR count). The van der Waals surface area contributed by atoms with E-state index in [0.29, 0.717) is 5.15 Å². The van der Waals surface area contributed by atoms with Crippen molar-refractivity contribution < 1.29 is 18.8 Å². The van der Waals surface area contributed by atoms with Crippen LogP contribution in [0, 0.1) is 0 Å². The van der Waals surface area contributed by atoms with E-state index in [1.807, 2.05) is 82.3 Å². The number of alkyl carbamates (subject to hydrolysis) is 1. The summed E-state index contributed by atoms with van der Waals surface area (Å²) in [5.41, 5.74) is 2.21. The fourth-order valence-electron chi connectivity index (χ4n) is 3.49. The zero-order valence-electron chi connectivity index (χ0n) is 19.7. The number of hydrogen-bond acceptors (Lipinski definition) is 6. The van der Waals surface area contributed by atoms with E-state index in [-0.39, 0.29) is 13.2 Å². The maximum atomic E-state index is 12.4. The Hall–Kier alpha value is -2.94. The number of ether oxygens (including phenoxy) is 1. The van der Waals surface area contributed by atoms with Crippen molar-refractivity contribution >= 4 is 41.8 Å². The van der Waals surface area contributed by atoms with E-state index in [0.717, 1.165) is 27.5 Å². The van der Waals surface area contributed by atoms with E-state index in [2.05, 4.69) is 15.3 Å². The molecule has 9 heteroatoms. The summed E-state index contributed by atoms with van der Waals surface area (Å²) in [5.74, 6) is 0. The Bertz CT molecular complexity index is 1200. The first-order valence-electron chi connectivity index (χ1n) is 11.1. The summed E-state index contributed by atoms with van der Waals surface area (Å²) in [4.78, 5) is 20.7. The number of carbonyl (C=O) groups excluding carboxylic acids is 1. The molecule has 34 heavy (non-hydrogen) atoms. The molecule has 1 aliphatic rings. The van der Waals surface area contributed by atoms with Gasteiger partial charge in [0.2, 0.25) is 0 Å². The van der Waals surface area contributed by atoms with Crippen molar-refractivity contribution in [2.24, 2.45) is 0 Å². The van der Waals surface area contributed by atoms with Gasteiger partial charge in [-0.25, -0.2) is 14.8 Å². The van der Waals surface area contributed by atoms with Crippen LogP contribution in [-0.2, 0) is 20.7 Å². The number of benzene rings is 2. The van der Waals surface area contributed by atoms with E-state index >= 15 is 0 Å². The number of rotatable bonds is 6. The molecule has 2 aromatic carbocycles. The van der Waals surface area contributed by atoms with Crippen molar-refractivity contribution in [1.82, 2.24) is 15.3 Å². The molecule has 1 aliphatic heterocycles. The number of halogens is 1. The maximum Gasteiger partial charge on any atom is 0.492 e. The first-order valence-corrected chi connectivity index (χ1v) is 11.4. The Morgan fingerprint density at radius 1 is 1.09 bits per heavy atom. The molecule has 0 radical (unpaired) electrons. The lowest BCUT2D eigenvalue weighted by molar-refractivity contribution is 0.00578. The number of aromatic nitrogens is 2. The van der Waals surface area contributed by atoms with Gasteiger partial charge in [-0.3, -0.25) is 0 Å². The Labute approximate surface area is 204 Å². The number of amides is 1. The molecule has 1 N–H and O–H groups in total. The molecule has 7 nitrogen and oxygen atoms in total. The lowest BCUT2D eigenvalue weighted by Crippen LogP contribution is -2.41. The fraction of sp³-hybridized carbons (Fsp3) is 0.320. The third-order valence-corrected chi connectivity index (χ3v) is 6.47. The van der Waals surface area contributed by atoms with Crippen molar-refractivity contribution in [3.63, 3.8) is 0 Å². The minimum atomic E-state index is -0.641. The molecule has 2 heterocycles. The smallest absolute Gasteiger partial charge is 0.445 e. The summed E-state index contributed by atoms with van der Waals surface area (Å²) in [7, 11) is -0.641. The third kappa shape index (κ3) is 5.41. The summed E-state index contributed by atoms with van der Waals surface area (Å²) in [6, 6.07) is 15.2. The predicted molar refractivity (Wildman–Crippen MR) is 133 cm³/mol. The SMILES string of the molecule is CC1(C)OB(C(=Cc2ccc3ncnc(Cl)c3c2)CNC(=O)OCc2ccccc2)OC1(C)C. The van der Waals surface area contributed by atoms with Crippen molar-refractivity contribution in [3.05, 3.63) is 76.6 Å². The molecule has 1 amide bonds. The molecular formula is C25H27BClN3O4. The second-order valence-electron chi connectivity index (χ2n) is 9.16. The molecule has 3 aromatic rings. The van der Waals surface area contributed by atoms with Crippen LogP contribution in [0.2, 0.25) is 5.15 Å². The molecule has 0 atom stereocenters. The van der Waals surface area contributed by atoms with Crippen LogP contribution in [0.1, 0.15) is 38.8 Å². The van der Waals surface area contributed by atoms with E-state index in [1.165, 1.54) is 6.33 Å². The van der Waals surface area contributed by atoms with Crippen molar-refractivity contribution in [2.75, 3.05) is 6.54 Å². The van der Waals surface area contributed by atoms with Crippen LogP contribution >= 0.6 is 11.6 Å². The van der Waals surface area contributed by atoms with Crippen LogP contribution < -0.4 is 5.32 Å². The lowest BCUT2D eigenvalue weighted by Gasteiger charge is -2.32. The number of carbonyl (C=O) groups is 1. The molecule has 1 fully saturated rings. The Kier molecular flexibility index (Phi) is 6.93. The summed E-state index contributed by atoms with van der Waals surface area (Å²) >= 11 is 6.26. The average molecular weight is 480 g/mol. The molecule has 0 bridgehead atoms. The van der Waals surface area contributed by atoms with Gasteiger partial charge in [-0.2, -0.15) is 0 Å². The molecule has 0 spiro atoms. The summed E-state index contributed by atoms with van der Waals surface area (Å²) < 4.78 is 17.8. The third-order valence-electron chi connectivity index (χ3n) is 6.17. The van der Waals surface area contributed by atoms with Crippen LogP contribution in [0.25, 0.3) is 17.0 Å². The molecule has 1 aromatic heterocycles. The van der Waals surface area contributed by atoms with Gasteiger partial charge in [0.25, 0.3) is 0 Å². The van der Waals surface area contributed by atoms with Crippen LogP contribution in [-0.4, -0.2) is 40.9 Å². The molecule has 1 saturated heterocycles. The van der Waals surface area contributed by atoms with Gasteiger partial charge < -0.3 is 19.4 Å². The highest BCUT2D eigenvalue weighted by molar-refractivity contribution is 6.56. The van der Waals surface area contributed by atoms with Gasteiger partial charge in [-0.05, 0) is 56.4 Å². The fourth-order valence-corrected chi connectivity index (χ4v) is 3.69. The van der Waals surface area contributed by atoms with Gasteiger partial charge in [-0.1, -0.05) is 54.1 Å². The first-order chi connectivity index (χ1) is 16.1. The minimum Gasteiger partial charge on any atom is -0.445 e. The number of nitrogens with zero attached hydrogens (tertiary/aromatic N) is 2. The second kappa shape index (κ2) is 9.74. The molecule has 0 saturated carbocycles. The maximum absolute atomic E-state index is 12.4. The molecule has 176 valence electrons. The van der Waals surface area contributed by atoms with Crippen molar-refractivity contribution in [2.45, 2.75) is 45.5 Å². The largest absolute Gasteiger partial charge is 0.492 e. The van der Waals surface area contributed by atoms with Crippen LogP contribution in [0.15, 0.2) is 60.3 Å². The van der Waals surface area contributed by atoms with Crippen LogP contribution in [0.3, 0.4) is 0 Å². The summed E-state index contributed by atoms with van der Waals surface area (Å²) in [5, 5.41) is 3.93. The average Bonchev–Trinajstić information content (AvgIpc) is 3.03. The van der Waals surface area contributed by atoms with Crippen molar-refractivity contribution in [1.29, 1.82) is 0 Å². The number of nitrogens with one attached hydrogen (secondary N) is 1. The summed E-state index contributed by atoms with van der Waals surface area (Å²) in [6.07, 6.45) is 2.82. The lowest BCUT2D eigenvalue weighted by atomic mass is 9.77. The van der Waals surface area contributed by atoms with Gasteiger partial charge in [0.1, 0.15) is 18.1 Å². The highest BCUT2D eigenvalue weighted by Gasteiger charge is 2.52. The zero-order valence-corrected chi connectivity index (χ0v) is 20.4. The number of fused-ring (bicyclic) bond motifs is 1. The highest BCUT2D eigenvalue weighted by atomic mass is 35.5. The van der Waals surface area contributed by atoms with Gasteiger partial charge in [-0.15, -0.1) is 0 Å². The van der Waals surface area contributed by atoms with Gasteiger partial charge >= 0.3 is 13.2 Å². The molecule has 0 aliphatic carbocycles. The monoisotopic (exact) mass is 479 g/mol. The predicted octanol–water partition coefficient (Wildman–Crippen LogP) is 5.22. The van der Waals surface area contributed by atoms with Crippen LogP contribution in [0.5, 0.6) is 0 Å². The van der Waals surface area contributed by atoms with E-state index < -0.39 is 24.4 Å². The topological polar surface area (TPSA) is 82.6 Å². The first kappa shape index (κ1) is 24.2. The molecular weight excluding hydrogens is 453 g/mol. The van der Waals surface area contributed by atoms with Gasteiger partial charge in [0, 0.05) is 11.9 Å².